The van der Waals surface area contributed by atoms with Gasteiger partial charge in [-0.25, -0.2) is 15.0 Å². The average molecular weight is 305 g/mol. The Bertz CT molecular complexity index is 616. The highest BCUT2D eigenvalue weighted by molar-refractivity contribution is 7.14. The zero-order valence-corrected chi connectivity index (χ0v) is 13.5. The second-order valence-corrected chi connectivity index (χ2v) is 5.47. The summed E-state index contributed by atoms with van der Waals surface area (Å²) in [4.78, 5) is 26.9. The van der Waals surface area contributed by atoms with Gasteiger partial charge in [0.15, 0.2) is 5.13 Å². The maximum absolute atomic E-state index is 12.2. The van der Waals surface area contributed by atoms with E-state index in [0.29, 0.717) is 29.9 Å². The number of hydrogen-bond donors (Lipinski definition) is 1. The van der Waals surface area contributed by atoms with Crippen LogP contribution < -0.4 is 5.32 Å². The second-order valence-electron chi connectivity index (χ2n) is 4.61. The minimum Gasteiger partial charge on any atom is -0.338 e. The largest absolute Gasteiger partial charge is 0.338 e. The standard InChI is InChI=1S/C14H19N5OS/c1-5-19(6-2)12(20)11-8-21-14(17-11)18-13-15-9(3)7-10(4)16-13/h7-8H,5-6H2,1-4H3,(H,15,16,17,18). The molecule has 0 aliphatic heterocycles. The molecule has 0 saturated carbocycles. The van der Waals surface area contributed by atoms with Crippen LogP contribution in [0, 0.1) is 13.8 Å². The molecule has 0 aliphatic carbocycles. The maximum Gasteiger partial charge on any atom is 0.273 e. The molecule has 2 aromatic heterocycles. The van der Waals surface area contributed by atoms with E-state index in [0.717, 1.165) is 11.4 Å². The number of aromatic nitrogens is 3. The predicted molar refractivity (Wildman–Crippen MR) is 84.2 cm³/mol. The average Bonchev–Trinajstić information content (AvgIpc) is 2.87. The molecule has 0 aromatic carbocycles. The molecule has 0 saturated heterocycles. The predicted octanol–water partition coefficient (Wildman–Crippen LogP) is 2.78. The van der Waals surface area contributed by atoms with Gasteiger partial charge in [0.1, 0.15) is 5.69 Å². The van der Waals surface area contributed by atoms with Crippen molar-refractivity contribution in [3.8, 4) is 0 Å². The molecule has 1 amide bonds. The van der Waals surface area contributed by atoms with E-state index in [4.69, 9.17) is 0 Å². The van der Waals surface area contributed by atoms with Gasteiger partial charge < -0.3 is 10.2 Å². The van der Waals surface area contributed by atoms with Crippen LogP contribution in [0.4, 0.5) is 11.1 Å². The van der Waals surface area contributed by atoms with Crippen molar-refractivity contribution < 1.29 is 4.79 Å². The van der Waals surface area contributed by atoms with E-state index in [1.165, 1.54) is 11.3 Å². The molecule has 21 heavy (non-hydrogen) atoms. The topological polar surface area (TPSA) is 71.0 Å². The van der Waals surface area contributed by atoms with Crippen molar-refractivity contribution in [1.82, 2.24) is 19.9 Å². The first-order valence-corrected chi connectivity index (χ1v) is 7.75. The normalized spacial score (nSPS) is 10.5. The fourth-order valence-corrected chi connectivity index (χ4v) is 2.66. The van der Waals surface area contributed by atoms with Crippen molar-refractivity contribution in [2.45, 2.75) is 27.7 Å². The first-order chi connectivity index (χ1) is 10.0. The van der Waals surface area contributed by atoms with Crippen LogP contribution in [0.5, 0.6) is 0 Å². The Balaban J connectivity index is 2.14. The van der Waals surface area contributed by atoms with Gasteiger partial charge in [-0.15, -0.1) is 11.3 Å². The smallest absolute Gasteiger partial charge is 0.273 e. The minimum atomic E-state index is -0.0503. The highest BCUT2D eigenvalue weighted by Crippen LogP contribution is 2.20. The van der Waals surface area contributed by atoms with Crippen LogP contribution in [0.1, 0.15) is 35.7 Å². The van der Waals surface area contributed by atoms with Crippen LogP contribution in [-0.4, -0.2) is 38.8 Å². The second kappa shape index (κ2) is 6.62. The molecule has 112 valence electrons. The highest BCUT2D eigenvalue weighted by atomic mass is 32.1. The third-order valence-corrected chi connectivity index (χ3v) is 3.73. The van der Waals surface area contributed by atoms with Crippen LogP contribution >= 0.6 is 11.3 Å². The first kappa shape index (κ1) is 15.4. The third kappa shape index (κ3) is 3.75. The highest BCUT2D eigenvalue weighted by Gasteiger charge is 2.16. The Hall–Kier alpha value is -2.02. The summed E-state index contributed by atoms with van der Waals surface area (Å²) in [6.07, 6.45) is 0. The lowest BCUT2D eigenvalue weighted by Gasteiger charge is -2.16. The van der Waals surface area contributed by atoms with E-state index in [1.54, 1.807) is 10.3 Å². The number of aryl methyl sites for hydroxylation is 2. The van der Waals surface area contributed by atoms with E-state index in [2.05, 4.69) is 20.3 Å². The molecule has 0 fully saturated rings. The number of amides is 1. The molecule has 1 N–H and O–H groups in total. The van der Waals surface area contributed by atoms with Gasteiger partial charge in [-0.1, -0.05) is 0 Å². The van der Waals surface area contributed by atoms with Crippen LogP contribution in [0.3, 0.4) is 0 Å². The summed E-state index contributed by atoms with van der Waals surface area (Å²) in [5.74, 6) is 0.453. The van der Waals surface area contributed by atoms with Crippen LogP contribution in [0.25, 0.3) is 0 Å². The molecule has 0 bridgehead atoms. The van der Waals surface area contributed by atoms with Crippen molar-refractivity contribution in [2.75, 3.05) is 18.4 Å². The van der Waals surface area contributed by atoms with E-state index in [1.807, 2.05) is 33.8 Å². The Morgan fingerprint density at radius 1 is 1.19 bits per heavy atom. The summed E-state index contributed by atoms with van der Waals surface area (Å²) in [6.45, 7) is 9.09. The summed E-state index contributed by atoms with van der Waals surface area (Å²) in [5.41, 5.74) is 2.23. The summed E-state index contributed by atoms with van der Waals surface area (Å²) in [7, 11) is 0. The Labute approximate surface area is 128 Å². The molecular formula is C14H19N5OS. The monoisotopic (exact) mass is 305 g/mol. The lowest BCUT2D eigenvalue weighted by Crippen LogP contribution is -2.30. The van der Waals surface area contributed by atoms with Crippen LogP contribution in [-0.2, 0) is 0 Å². The zero-order chi connectivity index (χ0) is 15.4. The lowest BCUT2D eigenvalue weighted by molar-refractivity contribution is 0.0768. The molecule has 7 heteroatoms. The van der Waals surface area contributed by atoms with Gasteiger partial charge in [0.05, 0.1) is 0 Å². The molecule has 0 aliphatic rings. The van der Waals surface area contributed by atoms with E-state index >= 15 is 0 Å². The Kier molecular flexibility index (Phi) is 4.85. The number of nitrogens with one attached hydrogen (secondary N) is 1. The first-order valence-electron chi connectivity index (χ1n) is 6.87. The molecule has 2 heterocycles. The molecule has 0 radical (unpaired) electrons. The van der Waals surface area contributed by atoms with E-state index in [-0.39, 0.29) is 5.91 Å². The Morgan fingerprint density at radius 2 is 1.81 bits per heavy atom. The zero-order valence-electron chi connectivity index (χ0n) is 12.7. The number of hydrogen-bond acceptors (Lipinski definition) is 6. The molecular weight excluding hydrogens is 286 g/mol. The van der Waals surface area contributed by atoms with Gasteiger partial charge >= 0.3 is 0 Å². The Morgan fingerprint density at radius 3 is 2.38 bits per heavy atom. The number of thiazole rings is 1. The van der Waals surface area contributed by atoms with Gasteiger partial charge in [-0.05, 0) is 33.8 Å². The summed E-state index contributed by atoms with van der Waals surface area (Å²) < 4.78 is 0. The number of rotatable bonds is 5. The van der Waals surface area contributed by atoms with Gasteiger partial charge in [0, 0.05) is 29.9 Å². The molecule has 0 atom stereocenters. The number of carbonyl (C=O) groups is 1. The number of carbonyl (C=O) groups excluding carboxylic acids is 1. The van der Waals surface area contributed by atoms with Crippen molar-refractivity contribution >= 4 is 28.3 Å². The molecule has 2 rings (SSSR count). The lowest BCUT2D eigenvalue weighted by atomic mass is 10.4. The van der Waals surface area contributed by atoms with Crippen molar-refractivity contribution in [1.29, 1.82) is 0 Å². The number of anilines is 2. The fourth-order valence-electron chi connectivity index (χ4n) is 1.98. The van der Waals surface area contributed by atoms with E-state index < -0.39 is 0 Å². The van der Waals surface area contributed by atoms with E-state index in [9.17, 15) is 4.79 Å². The van der Waals surface area contributed by atoms with Gasteiger partial charge in [0.2, 0.25) is 5.95 Å². The SMILES string of the molecule is CCN(CC)C(=O)c1csc(Nc2nc(C)cc(C)n2)n1. The number of nitrogens with zero attached hydrogens (tertiary/aromatic N) is 4. The summed E-state index contributed by atoms with van der Waals surface area (Å²) in [5, 5.41) is 5.43. The fraction of sp³-hybridized carbons (Fsp3) is 0.429. The molecule has 0 unspecified atom stereocenters. The van der Waals surface area contributed by atoms with Crippen LogP contribution in [0.2, 0.25) is 0 Å². The third-order valence-electron chi connectivity index (χ3n) is 2.97. The minimum absolute atomic E-state index is 0.0503. The quantitative estimate of drug-likeness (QED) is 0.919. The van der Waals surface area contributed by atoms with Crippen molar-refractivity contribution in [3.05, 3.63) is 28.5 Å². The van der Waals surface area contributed by atoms with Crippen LogP contribution in [0.15, 0.2) is 11.4 Å². The van der Waals surface area contributed by atoms with Crippen molar-refractivity contribution in [2.24, 2.45) is 0 Å². The van der Waals surface area contributed by atoms with Gasteiger partial charge in [-0.3, -0.25) is 4.79 Å². The van der Waals surface area contributed by atoms with Gasteiger partial charge in [-0.2, -0.15) is 0 Å². The summed E-state index contributed by atoms with van der Waals surface area (Å²) >= 11 is 1.37. The maximum atomic E-state index is 12.2. The summed E-state index contributed by atoms with van der Waals surface area (Å²) in [6, 6.07) is 1.91. The van der Waals surface area contributed by atoms with Crippen molar-refractivity contribution in [3.63, 3.8) is 0 Å². The molecule has 2 aromatic rings. The molecule has 6 nitrogen and oxygen atoms in total. The van der Waals surface area contributed by atoms with Gasteiger partial charge in [0.25, 0.3) is 5.91 Å². The molecule has 0 spiro atoms.